The number of methoxy groups -OCH3 is 1. The largest absolute Gasteiger partial charge is 0.469 e. The van der Waals surface area contributed by atoms with Crippen molar-refractivity contribution in [2.45, 2.75) is 31.8 Å². The van der Waals surface area contributed by atoms with Crippen LogP contribution in [-0.4, -0.2) is 39.2 Å². The lowest BCUT2D eigenvalue weighted by molar-refractivity contribution is -0.148. The van der Waals surface area contributed by atoms with Crippen LogP contribution in [0.1, 0.15) is 19.3 Å². The summed E-state index contributed by atoms with van der Waals surface area (Å²) < 4.78 is 7.45. The molecule has 2 aliphatic rings. The van der Waals surface area contributed by atoms with E-state index in [1.807, 2.05) is 0 Å². The molecule has 25 heavy (non-hydrogen) atoms. The van der Waals surface area contributed by atoms with Gasteiger partial charge < -0.3 is 10.1 Å². The molecule has 0 radical (unpaired) electrons. The highest BCUT2D eigenvalue weighted by atomic mass is 16.5. The van der Waals surface area contributed by atoms with Gasteiger partial charge >= 0.3 is 11.7 Å². The Hall–Kier alpha value is -2.64. The zero-order chi connectivity index (χ0) is 17.6. The fourth-order valence-electron chi connectivity index (χ4n) is 4.41. The predicted octanol–water partition coefficient (Wildman–Crippen LogP) is 0.200. The van der Waals surface area contributed by atoms with Crippen LogP contribution in [0.4, 0.5) is 0 Å². The molecule has 1 N–H and O–H groups in total. The van der Waals surface area contributed by atoms with Crippen molar-refractivity contribution in [1.29, 1.82) is 0 Å². The van der Waals surface area contributed by atoms with E-state index in [4.69, 9.17) is 4.74 Å². The normalized spacial score (nSPS) is 27.6. The Morgan fingerprint density at radius 1 is 1.32 bits per heavy atom. The van der Waals surface area contributed by atoms with Crippen LogP contribution in [0.2, 0.25) is 0 Å². The Kier molecular flexibility index (Phi) is 3.82. The molecule has 4 rings (SSSR count). The highest BCUT2D eigenvalue weighted by Gasteiger charge is 2.51. The van der Waals surface area contributed by atoms with Gasteiger partial charge in [0.25, 0.3) is 0 Å². The van der Waals surface area contributed by atoms with Gasteiger partial charge in [0.2, 0.25) is 5.91 Å². The number of nitrogens with zero attached hydrogens (tertiary/aromatic N) is 3. The minimum atomic E-state index is -0.358. The SMILES string of the molecule is COC(=O)[C@H]1[C@H]2CC[C@@H](C2)[C@@H]1NC(=O)Cn1nc2ccccn2c1=O. The molecule has 8 heteroatoms. The summed E-state index contributed by atoms with van der Waals surface area (Å²) in [7, 11) is 1.38. The highest BCUT2D eigenvalue weighted by Crippen LogP contribution is 2.48. The van der Waals surface area contributed by atoms with Crippen molar-refractivity contribution in [1.82, 2.24) is 19.5 Å². The second-order valence-electron chi connectivity index (χ2n) is 6.84. The lowest BCUT2D eigenvalue weighted by Crippen LogP contribution is -2.48. The molecule has 2 saturated carbocycles. The maximum Gasteiger partial charge on any atom is 0.350 e. The Morgan fingerprint density at radius 3 is 2.88 bits per heavy atom. The van der Waals surface area contributed by atoms with E-state index in [-0.39, 0.29) is 42.0 Å². The molecule has 4 atom stereocenters. The third kappa shape index (κ3) is 2.61. The van der Waals surface area contributed by atoms with Crippen molar-refractivity contribution < 1.29 is 14.3 Å². The monoisotopic (exact) mass is 344 g/mol. The number of carbonyl (C=O) groups is 2. The van der Waals surface area contributed by atoms with E-state index in [0.717, 1.165) is 23.9 Å². The zero-order valence-electron chi connectivity index (χ0n) is 13.9. The molecule has 2 aliphatic carbocycles. The molecular formula is C17H20N4O4. The van der Waals surface area contributed by atoms with E-state index in [9.17, 15) is 14.4 Å². The molecule has 2 heterocycles. The van der Waals surface area contributed by atoms with Crippen LogP contribution in [0.5, 0.6) is 0 Å². The molecule has 132 valence electrons. The number of aromatic nitrogens is 3. The number of fused-ring (bicyclic) bond motifs is 3. The van der Waals surface area contributed by atoms with Gasteiger partial charge in [-0.05, 0) is 43.2 Å². The van der Waals surface area contributed by atoms with Gasteiger partial charge in [-0.15, -0.1) is 5.10 Å². The number of esters is 1. The van der Waals surface area contributed by atoms with Crippen LogP contribution in [0.25, 0.3) is 5.65 Å². The number of rotatable bonds is 4. The van der Waals surface area contributed by atoms with Gasteiger partial charge in [-0.1, -0.05) is 6.07 Å². The van der Waals surface area contributed by atoms with E-state index in [1.54, 1.807) is 24.4 Å². The van der Waals surface area contributed by atoms with Gasteiger partial charge in [-0.2, -0.15) is 0 Å². The summed E-state index contributed by atoms with van der Waals surface area (Å²) in [6.45, 7) is -0.164. The van der Waals surface area contributed by atoms with Gasteiger partial charge in [0.05, 0.1) is 13.0 Å². The van der Waals surface area contributed by atoms with Crippen molar-refractivity contribution in [3.63, 3.8) is 0 Å². The molecule has 0 aliphatic heterocycles. The quantitative estimate of drug-likeness (QED) is 0.800. The number of carbonyl (C=O) groups excluding carboxylic acids is 2. The minimum absolute atomic E-state index is 0.164. The number of ether oxygens (including phenoxy) is 1. The molecule has 2 bridgehead atoms. The summed E-state index contributed by atoms with van der Waals surface area (Å²) in [5.74, 6) is -0.277. The Bertz CT molecular complexity index is 886. The molecule has 1 amide bonds. The molecular weight excluding hydrogens is 324 g/mol. The summed E-state index contributed by atoms with van der Waals surface area (Å²) in [5.41, 5.74) is 0.135. The van der Waals surface area contributed by atoms with Crippen LogP contribution in [0, 0.1) is 17.8 Å². The smallest absolute Gasteiger partial charge is 0.350 e. The second kappa shape index (κ2) is 6.02. The number of nitrogens with one attached hydrogen (secondary N) is 1. The molecule has 0 saturated heterocycles. The van der Waals surface area contributed by atoms with E-state index >= 15 is 0 Å². The van der Waals surface area contributed by atoms with Crippen LogP contribution in [-0.2, 0) is 20.9 Å². The Labute approximate surface area is 143 Å². The first-order chi connectivity index (χ1) is 12.1. The topological polar surface area (TPSA) is 94.7 Å². The van der Waals surface area contributed by atoms with Crippen LogP contribution in [0.3, 0.4) is 0 Å². The standard InChI is InChI=1S/C17H20N4O4/c1-25-16(23)14-10-5-6-11(8-10)15(14)18-13(22)9-21-17(24)20-7-3-2-4-12(20)19-21/h2-4,7,10-11,14-15H,5-6,8-9H2,1H3,(H,18,22)/t10-,11-,14-,15-/m0/s1. The third-order valence-electron chi connectivity index (χ3n) is 5.50. The highest BCUT2D eigenvalue weighted by molar-refractivity contribution is 5.79. The van der Waals surface area contributed by atoms with Crippen LogP contribution in [0.15, 0.2) is 29.2 Å². The van der Waals surface area contributed by atoms with Crippen LogP contribution < -0.4 is 11.0 Å². The number of hydrogen-bond acceptors (Lipinski definition) is 5. The summed E-state index contributed by atoms with van der Waals surface area (Å²) in [4.78, 5) is 36.8. The van der Waals surface area contributed by atoms with Gasteiger partial charge in [-0.3, -0.25) is 14.0 Å². The summed E-state index contributed by atoms with van der Waals surface area (Å²) in [6.07, 6.45) is 4.57. The van der Waals surface area contributed by atoms with E-state index in [1.165, 1.54) is 11.5 Å². The zero-order valence-corrected chi connectivity index (χ0v) is 13.9. The second-order valence-corrected chi connectivity index (χ2v) is 6.84. The first-order valence-electron chi connectivity index (χ1n) is 8.50. The van der Waals surface area contributed by atoms with E-state index in [2.05, 4.69) is 10.4 Å². The van der Waals surface area contributed by atoms with Gasteiger partial charge in [0.1, 0.15) is 6.54 Å². The Morgan fingerprint density at radius 2 is 2.12 bits per heavy atom. The fourth-order valence-corrected chi connectivity index (χ4v) is 4.41. The van der Waals surface area contributed by atoms with Crippen molar-refractivity contribution in [2.75, 3.05) is 7.11 Å². The van der Waals surface area contributed by atoms with Gasteiger partial charge in [-0.25, -0.2) is 9.48 Å². The first kappa shape index (κ1) is 15.9. The maximum atomic E-state index is 12.5. The van der Waals surface area contributed by atoms with Gasteiger partial charge in [0.15, 0.2) is 5.65 Å². The molecule has 2 fully saturated rings. The lowest BCUT2D eigenvalue weighted by atomic mass is 9.84. The third-order valence-corrected chi connectivity index (χ3v) is 5.50. The maximum absolute atomic E-state index is 12.5. The Balaban J connectivity index is 1.50. The molecule has 2 aromatic heterocycles. The predicted molar refractivity (Wildman–Crippen MR) is 87.7 cm³/mol. The number of amides is 1. The molecule has 0 spiro atoms. The average Bonchev–Trinajstić information content (AvgIpc) is 3.29. The molecule has 0 unspecified atom stereocenters. The number of pyridine rings is 1. The van der Waals surface area contributed by atoms with Gasteiger partial charge in [0, 0.05) is 12.2 Å². The summed E-state index contributed by atoms with van der Waals surface area (Å²) >= 11 is 0. The van der Waals surface area contributed by atoms with Crippen LogP contribution >= 0.6 is 0 Å². The van der Waals surface area contributed by atoms with Crippen molar-refractivity contribution in [3.8, 4) is 0 Å². The molecule has 8 nitrogen and oxygen atoms in total. The lowest BCUT2D eigenvalue weighted by Gasteiger charge is -2.29. The average molecular weight is 344 g/mol. The minimum Gasteiger partial charge on any atom is -0.469 e. The summed E-state index contributed by atoms with van der Waals surface area (Å²) in [6, 6.07) is 5.00. The van der Waals surface area contributed by atoms with E-state index < -0.39 is 0 Å². The van der Waals surface area contributed by atoms with E-state index in [0.29, 0.717) is 11.6 Å². The van der Waals surface area contributed by atoms with Crippen molar-refractivity contribution in [3.05, 3.63) is 34.9 Å². The summed E-state index contributed by atoms with van der Waals surface area (Å²) in [5, 5.41) is 7.11. The molecule has 2 aromatic rings. The van der Waals surface area contributed by atoms with Crippen molar-refractivity contribution >= 4 is 17.5 Å². The number of hydrogen-bond donors (Lipinski definition) is 1. The fraction of sp³-hybridized carbons (Fsp3) is 0.529. The molecule has 0 aromatic carbocycles. The van der Waals surface area contributed by atoms with Crippen molar-refractivity contribution in [2.24, 2.45) is 17.8 Å². The first-order valence-corrected chi connectivity index (χ1v) is 8.50.